The highest BCUT2D eigenvalue weighted by molar-refractivity contribution is 5.71. The molecule has 0 rings (SSSR count). The Labute approximate surface area is 414 Å². The van der Waals surface area contributed by atoms with Crippen molar-refractivity contribution in [1.29, 1.82) is 0 Å². The number of esters is 3. The molecule has 0 amide bonds. The standard InChI is InChI=1S/C61H106O6/c1-4-7-10-13-16-19-22-25-28-30-31-32-34-36-39-42-45-48-51-54-60(63)66-57-58(56-65-59(62)53-50-47-44-41-38-35-27-24-21-18-15-12-9-6-3)67-61(64)55-52-49-46-43-40-37-33-29-26-23-20-17-14-11-8-5-2/h16,19,24-25,27-29,31-33,36,39,58H,4-15,17-18,20-23,26,30,34-35,37-38,40-57H2,1-3H3/b19-16-,27-24-,28-25-,32-31-,33-29-,39-36-/t58-/m1/s1. The zero-order valence-electron chi connectivity index (χ0n) is 44.2. The lowest BCUT2D eigenvalue weighted by Crippen LogP contribution is -2.30. The highest BCUT2D eigenvalue weighted by Gasteiger charge is 2.19. The SMILES string of the molecule is CCCCC/C=C\C/C=C\C/C=C\C/C=C\CCCCCC(=O)OC[C@@H](COC(=O)CCCCCCC/C=C\CCCCCCC)OC(=O)CCCCCCC/C=C\CCCCCCCCC. The number of hydrogen-bond donors (Lipinski definition) is 0. The van der Waals surface area contributed by atoms with Crippen LogP contribution in [0.3, 0.4) is 0 Å². The van der Waals surface area contributed by atoms with Crippen LogP contribution >= 0.6 is 0 Å². The van der Waals surface area contributed by atoms with Crippen molar-refractivity contribution < 1.29 is 28.6 Å². The van der Waals surface area contributed by atoms with E-state index in [0.717, 1.165) is 103 Å². The van der Waals surface area contributed by atoms with Crippen LogP contribution in [0.15, 0.2) is 72.9 Å². The maximum Gasteiger partial charge on any atom is 0.306 e. The van der Waals surface area contributed by atoms with Gasteiger partial charge in [-0.15, -0.1) is 0 Å². The number of rotatable bonds is 51. The third-order valence-electron chi connectivity index (χ3n) is 12.2. The first-order valence-electron chi connectivity index (χ1n) is 28.4. The van der Waals surface area contributed by atoms with Crippen molar-refractivity contribution in [2.75, 3.05) is 13.2 Å². The summed E-state index contributed by atoms with van der Waals surface area (Å²) >= 11 is 0. The van der Waals surface area contributed by atoms with Gasteiger partial charge in [-0.3, -0.25) is 14.4 Å². The molecule has 0 aliphatic heterocycles. The second-order valence-corrected chi connectivity index (χ2v) is 18.8. The summed E-state index contributed by atoms with van der Waals surface area (Å²) in [4.78, 5) is 38.1. The summed E-state index contributed by atoms with van der Waals surface area (Å²) in [7, 11) is 0. The summed E-state index contributed by atoms with van der Waals surface area (Å²) < 4.78 is 16.8. The van der Waals surface area contributed by atoms with Crippen molar-refractivity contribution in [2.45, 2.75) is 284 Å². The molecule has 6 nitrogen and oxygen atoms in total. The fourth-order valence-corrected chi connectivity index (χ4v) is 7.83. The highest BCUT2D eigenvalue weighted by Crippen LogP contribution is 2.14. The smallest absolute Gasteiger partial charge is 0.306 e. The van der Waals surface area contributed by atoms with Crippen LogP contribution in [0.2, 0.25) is 0 Å². The minimum atomic E-state index is -0.796. The van der Waals surface area contributed by atoms with E-state index in [1.54, 1.807) is 0 Å². The summed E-state index contributed by atoms with van der Waals surface area (Å²) in [5.74, 6) is -0.934. The Balaban J connectivity index is 4.46. The molecular weight excluding hydrogens is 829 g/mol. The first-order valence-corrected chi connectivity index (χ1v) is 28.4. The van der Waals surface area contributed by atoms with Crippen LogP contribution in [0.25, 0.3) is 0 Å². The molecule has 0 aliphatic rings. The molecule has 0 aromatic heterocycles. The number of unbranched alkanes of at least 4 members (excludes halogenated alkanes) is 28. The Kier molecular flexibility index (Phi) is 52.8. The van der Waals surface area contributed by atoms with Crippen molar-refractivity contribution >= 4 is 17.9 Å². The van der Waals surface area contributed by atoms with Crippen LogP contribution < -0.4 is 0 Å². The van der Waals surface area contributed by atoms with Crippen LogP contribution in [0.4, 0.5) is 0 Å². The normalized spacial score (nSPS) is 12.6. The first-order chi connectivity index (χ1) is 33.0. The quantitative estimate of drug-likeness (QED) is 0.0262. The van der Waals surface area contributed by atoms with Gasteiger partial charge in [0.05, 0.1) is 0 Å². The fourth-order valence-electron chi connectivity index (χ4n) is 7.83. The lowest BCUT2D eigenvalue weighted by molar-refractivity contribution is -0.167. The molecule has 0 N–H and O–H groups in total. The van der Waals surface area contributed by atoms with Gasteiger partial charge < -0.3 is 14.2 Å². The van der Waals surface area contributed by atoms with E-state index in [4.69, 9.17) is 14.2 Å². The zero-order chi connectivity index (χ0) is 48.6. The molecule has 1 atom stereocenters. The van der Waals surface area contributed by atoms with Crippen LogP contribution in [0.1, 0.15) is 278 Å². The van der Waals surface area contributed by atoms with Crippen LogP contribution in [0, 0.1) is 0 Å². The molecule has 0 radical (unpaired) electrons. The Morgan fingerprint density at radius 3 is 0.896 bits per heavy atom. The van der Waals surface area contributed by atoms with Gasteiger partial charge in [-0.2, -0.15) is 0 Å². The molecule has 0 spiro atoms. The maximum absolute atomic E-state index is 12.8. The number of hydrogen-bond acceptors (Lipinski definition) is 6. The minimum absolute atomic E-state index is 0.0929. The fraction of sp³-hybridized carbons (Fsp3) is 0.754. The van der Waals surface area contributed by atoms with Gasteiger partial charge >= 0.3 is 17.9 Å². The Morgan fingerprint density at radius 1 is 0.299 bits per heavy atom. The monoisotopic (exact) mass is 935 g/mol. The Morgan fingerprint density at radius 2 is 0.537 bits per heavy atom. The third kappa shape index (κ3) is 53.7. The average Bonchev–Trinajstić information content (AvgIpc) is 3.33. The second kappa shape index (κ2) is 55.4. The lowest BCUT2D eigenvalue weighted by atomic mass is 10.1. The van der Waals surface area contributed by atoms with Gasteiger partial charge in [0, 0.05) is 19.3 Å². The summed E-state index contributed by atoms with van der Waals surface area (Å²) in [5.41, 5.74) is 0. The Hall–Kier alpha value is -3.15. The predicted octanol–water partition coefficient (Wildman–Crippen LogP) is 19.0. The van der Waals surface area contributed by atoms with Crippen LogP contribution in [-0.4, -0.2) is 37.2 Å². The van der Waals surface area contributed by atoms with Crippen LogP contribution in [-0.2, 0) is 28.6 Å². The predicted molar refractivity (Wildman–Crippen MR) is 288 cm³/mol. The molecule has 0 saturated heterocycles. The van der Waals surface area contributed by atoms with Crippen molar-refractivity contribution in [3.63, 3.8) is 0 Å². The molecule has 0 heterocycles. The number of carbonyl (C=O) groups excluding carboxylic acids is 3. The highest BCUT2D eigenvalue weighted by atomic mass is 16.6. The molecule has 0 unspecified atom stereocenters. The van der Waals surface area contributed by atoms with E-state index in [1.165, 1.54) is 135 Å². The number of allylic oxidation sites excluding steroid dienone is 12. The molecular formula is C61H106O6. The molecule has 0 saturated carbocycles. The lowest BCUT2D eigenvalue weighted by Gasteiger charge is -2.18. The van der Waals surface area contributed by atoms with Crippen LogP contribution in [0.5, 0.6) is 0 Å². The largest absolute Gasteiger partial charge is 0.462 e. The second-order valence-electron chi connectivity index (χ2n) is 18.8. The van der Waals surface area contributed by atoms with Crippen molar-refractivity contribution in [2.24, 2.45) is 0 Å². The first kappa shape index (κ1) is 63.8. The summed E-state index contributed by atoms with van der Waals surface area (Å²) in [6, 6.07) is 0. The molecule has 0 aromatic carbocycles. The summed E-state index contributed by atoms with van der Waals surface area (Å²) in [6.07, 6.45) is 70.3. The summed E-state index contributed by atoms with van der Waals surface area (Å²) in [6.45, 7) is 6.57. The van der Waals surface area contributed by atoms with E-state index in [-0.39, 0.29) is 31.1 Å². The zero-order valence-corrected chi connectivity index (χ0v) is 44.2. The summed E-state index contributed by atoms with van der Waals surface area (Å²) in [5, 5.41) is 0. The number of ether oxygens (including phenoxy) is 3. The molecule has 0 fully saturated rings. The van der Waals surface area contributed by atoms with Gasteiger partial charge in [-0.1, -0.05) is 216 Å². The Bertz CT molecular complexity index is 1260. The minimum Gasteiger partial charge on any atom is -0.462 e. The molecule has 386 valence electrons. The third-order valence-corrected chi connectivity index (χ3v) is 12.2. The van der Waals surface area contributed by atoms with E-state index in [1.807, 2.05) is 0 Å². The van der Waals surface area contributed by atoms with Gasteiger partial charge in [-0.05, 0) is 116 Å². The topological polar surface area (TPSA) is 78.9 Å². The van der Waals surface area contributed by atoms with Gasteiger partial charge in [0.25, 0.3) is 0 Å². The van der Waals surface area contributed by atoms with E-state index in [0.29, 0.717) is 19.3 Å². The molecule has 6 heteroatoms. The van der Waals surface area contributed by atoms with Gasteiger partial charge in [0.1, 0.15) is 13.2 Å². The van der Waals surface area contributed by atoms with E-state index < -0.39 is 6.10 Å². The average molecular weight is 936 g/mol. The van der Waals surface area contributed by atoms with Crippen molar-refractivity contribution in [3.05, 3.63) is 72.9 Å². The van der Waals surface area contributed by atoms with Gasteiger partial charge in [-0.25, -0.2) is 0 Å². The number of carbonyl (C=O) groups is 3. The molecule has 0 aliphatic carbocycles. The van der Waals surface area contributed by atoms with E-state index >= 15 is 0 Å². The van der Waals surface area contributed by atoms with Crippen molar-refractivity contribution in [3.8, 4) is 0 Å². The van der Waals surface area contributed by atoms with E-state index in [2.05, 4.69) is 93.7 Å². The molecule has 67 heavy (non-hydrogen) atoms. The molecule has 0 bridgehead atoms. The maximum atomic E-state index is 12.8. The van der Waals surface area contributed by atoms with Gasteiger partial charge in [0.15, 0.2) is 6.10 Å². The van der Waals surface area contributed by atoms with E-state index in [9.17, 15) is 14.4 Å². The van der Waals surface area contributed by atoms with Crippen molar-refractivity contribution in [1.82, 2.24) is 0 Å². The van der Waals surface area contributed by atoms with Gasteiger partial charge in [0.2, 0.25) is 0 Å². The molecule has 0 aromatic rings.